The summed E-state index contributed by atoms with van der Waals surface area (Å²) in [6, 6.07) is 12.5. The van der Waals surface area contributed by atoms with Crippen molar-refractivity contribution in [3.8, 4) is 16.2 Å². The van der Waals surface area contributed by atoms with Crippen LogP contribution in [0.15, 0.2) is 36.4 Å². The highest BCUT2D eigenvalue weighted by atomic mass is 32.1. The van der Waals surface area contributed by atoms with E-state index in [1.165, 1.54) is 15.3 Å². The minimum Gasteiger partial charge on any atom is -0.496 e. The van der Waals surface area contributed by atoms with Crippen molar-refractivity contribution in [2.24, 2.45) is 0 Å². The Hall–Kier alpha value is -1.28. The van der Waals surface area contributed by atoms with E-state index in [9.17, 15) is 0 Å². The molecule has 0 saturated heterocycles. The lowest BCUT2D eigenvalue weighted by molar-refractivity contribution is 0.414. The van der Waals surface area contributed by atoms with Crippen LogP contribution in [0.5, 0.6) is 5.75 Å². The summed E-state index contributed by atoms with van der Waals surface area (Å²) in [7, 11) is 1.71. The van der Waals surface area contributed by atoms with Crippen LogP contribution in [0.1, 0.15) is 4.88 Å². The molecule has 0 radical (unpaired) electrons. The summed E-state index contributed by atoms with van der Waals surface area (Å²) < 4.78 is 5.26. The maximum Gasteiger partial charge on any atom is 0.133 e. The molecule has 0 fully saturated rings. The Morgan fingerprint density at radius 2 is 1.86 bits per heavy atom. The van der Waals surface area contributed by atoms with Gasteiger partial charge in [-0.2, -0.15) is 0 Å². The maximum absolute atomic E-state index is 5.26. The molecule has 72 valence electrons. The lowest BCUT2D eigenvalue weighted by atomic mass is 10.2. The molecular formula is C12H12OS. The molecule has 0 unspecified atom stereocenters. The fourth-order valence-electron chi connectivity index (χ4n) is 1.41. The van der Waals surface area contributed by atoms with E-state index in [2.05, 4.69) is 37.3 Å². The zero-order valence-electron chi connectivity index (χ0n) is 8.28. The summed E-state index contributed by atoms with van der Waals surface area (Å²) in [5, 5.41) is 0. The topological polar surface area (TPSA) is 9.23 Å². The van der Waals surface area contributed by atoms with Crippen molar-refractivity contribution in [1.82, 2.24) is 0 Å². The third-order valence-corrected chi connectivity index (χ3v) is 3.23. The Bertz CT molecular complexity index is 417. The van der Waals surface area contributed by atoms with Crippen molar-refractivity contribution in [2.45, 2.75) is 6.92 Å². The first-order chi connectivity index (χ1) is 6.81. The van der Waals surface area contributed by atoms with Gasteiger partial charge in [0, 0.05) is 9.75 Å². The largest absolute Gasteiger partial charge is 0.496 e. The first-order valence-corrected chi connectivity index (χ1v) is 5.33. The van der Waals surface area contributed by atoms with Gasteiger partial charge in [-0.25, -0.2) is 0 Å². The van der Waals surface area contributed by atoms with Gasteiger partial charge in [0.05, 0.1) is 7.11 Å². The Balaban J connectivity index is 2.43. The minimum atomic E-state index is 0.980. The molecule has 0 amide bonds. The van der Waals surface area contributed by atoms with E-state index in [1.807, 2.05) is 6.07 Å². The second-order valence-electron chi connectivity index (χ2n) is 3.10. The average Bonchev–Trinajstić information content (AvgIpc) is 2.61. The van der Waals surface area contributed by atoms with Crippen LogP contribution in [-0.2, 0) is 0 Å². The molecule has 0 aliphatic carbocycles. The molecule has 0 N–H and O–H groups in total. The molecule has 0 atom stereocenters. The van der Waals surface area contributed by atoms with Gasteiger partial charge < -0.3 is 4.74 Å². The molecule has 14 heavy (non-hydrogen) atoms. The normalized spacial score (nSPS) is 10.1. The minimum absolute atomic E-state index is 0.980. The third kappa shape index (κ3) is 1.66. The molecule has 0 bridgehead atoms. The Morgan fingerprint density at radius 1 is 1.14 bits per heavy atom. The van der Waals surface area contributed by atoms with Crippen LogP contribution in [0.2, 0.25) is 0 Å². The number of methoxy groups -OCH3 is 1. The highest BCUT2D eigenvalue weighted by Gasteiger charge is 2.06. The van der Waals surface area contributed by atoms with E-state index in [-0.39, 0.29) is 0 Å². The van der Waals surface area contributed by atoms with E-state index >= 15 is 0 Å². The smallest absolute Gasteiger partial charge is 0.133 e. The van der Waals surface area contributed by atoms with Crippen LogP contribution < -0.4 is 4.74 Å². The van der Waals surface area contributed by atoms with Crippen LogP contribution in [-0.4, -0.2) is 7.11 Å². The molecule has 0 saturated carbocycles. The zero-order chi connectivity index (χ0) is 9.97. The Morgan fingerprint density at radius 3 is 2.43 bits per heavy atom. The highest BCUT2D eigenvalue weighted by Crippen LogP contribution is 2.35. The van der Waals surface area contributed by atoms with Crippen LogP contribution in [0.3, 0.4) is 0 Å². The number of rotatable bonds is 2. The van der Waals surface area contributed by atoms with Gasteiger partial charge in [-0.05, 0) is 18.6 Å². The molecule has 1 nitrogen and oxygen atoms in total. The molecule has 1 aromatic heterocycles. The van der Waals surface area contributed by atoms with Crippen molar-refractivity contribution in [3.05, 3.63) is 41.3 Å². The summed E-state index contributed by atoms with van der Waals surface area (Å²) in [6.45, 7) is 2.08. The van der Waals surface area contributed by atoms with E-state index in [4.69, 9.17) is 4.74 Å². The van der Waals surface area contributed by atoms with Crippen LogP contribution in [0.25, 0.3) is 10.4 Å². The Labute approximate surface area is 88.0 Å². The lowest BCUT2D eigenvalue weighted by Gasteiger charge is -1.94. The van der Waals surface area contributed by atoms with Crippen molar-refractivity contribution in [1.29, 1.82) is 0 Å². The number of ether oxygens (including phenoxy) is 1. The first kappa shape index (κ1) is 9.28. The lowest BCUT2D eigenvalue weighted by Crippen LogP contribution is -1.79. The van der Waals surface area contributed by atoms with Crippen molar-refractivity contribution in [3.63, 3.8) is 0 Å². The summed E-state index contributed by atoms with van der Waals surface area (Å²) >= 11 is 1.77. The predicted octanol–water partition coefficient (Wildman–Crippen LogP) is 3.73. The summed E-state index contributed by atoms with van der Waals surface area (Å²) in [5.41, 5.74) is 1.25. The van der Waals surface area contributed by atoms with Crippen LogP contribution >= 0.6 is 11.3 Å². The predicted molar refractivity (Wildman–Crippen MR) is 61.0 cm³/mol. The standard InChI is InChI=1S/C12H12OS/c1-9-11(13-2)8-12(14-9)10-6-4-3-5-7-10/h3-8H,1-2H3. The van der Waals surface area contributed by atoms with Gasteiger partial charge in [-0.3, -0.25) is 0 Å². The molecule has 0 spiro atoms. The molecule has 1 aromatic carbocycles. The van der Waals surface area contributed by atoms with E-state index in [0.29, 0.717) is 0 Å². The van der Waals surface area contributed by atoms with Gasteiger partial charge in [0.1, 0.15) is 5.75 Å². The molecule has 2 heteroatoms. The van der Waals surface area contributed by atoms with Gasteiger partial charge in [0.25, 0.3) is 0 Å². The number of hydrogen-bond donors (Lipinski definition) is 0. The Kier molecular flexibility index (Phi) is 2.55. The second kappa shape index (κ2) is 3.84. The quantitative estimate of drug-likeness (QED) is 0.724. The van der Waals surface area contributed by atoms with Crippen LogP contribution in [0, 0.1) is 6.92 Å². The molecular weight excluding hydrogens is 192 g/mol. The van der Waals surface area contributed by atoms with E-state index in [0.717, 1.165) is 5.75 Å². The maximum atomic E-state index is 5.26. The fourth-order valence-corrected chi connectivity index (χ4v) is 2.41. The van der Waals surface area contributed by atoms with E-state index < -0.39 is 0 Å². The van der Waals surface area contributed by atoms with Gasteiger partial charge in [-0.1, -0.05) is 30.3 Å². The van der Waals surface area contributed by atoms with Gasteiger partial charge in [0.15, 0.2) is 0 Å². The second-order valence-corrected chi connectivity index (χ2v) is 4.36. The van der Waals surface area contributed by atoms with Crippen molar-refractivity contribution in [2.75, 3.05) is 7.11 Å². The summed E-state index contributed by atoms with van der Waals surface area (Å²) in [4.78, 5) is 2.49. The highest BCUT2D eigenvalue weighted by molar-refractivity contribution is 7.15. The molecule has 1 heterocycles. The number of thiophene rings is 1. The monoisotopic (exact) mass is 204 g/mol. The SMILES string of the molecule is COc1cc(-c2ccccc2)sc1C. The molecule has 2 aromatic rings. The summed E-state index contributed by atoms with van der Waals surface area (Å²) in [6.07, 6.45) is 0. The first-order valence-electron chi connectivity index (χ1n) is 4.51. The number of aryl methyl sites for hydroxylation is 1. The number of benzene rings is 1. The third-order valence-electron chi connectivity index (χ3n) is 2.15. The number of hydrogen-bond acceptors (Lipinski definition) is 2. The molecule has 0 aliphatic rings. The molecule has 2 rings (SSSR count). The van der Waals surface area contributed by atoms with Crippen molar-refractivity contribution < 1.29 is 4.74 Å². The van der Waals surface area contributed by atoms with Crippen LogP contribution in [0.4, 0.5) is 0 Å². The fraction of sp³-hybridized carbons (Fsp3) is 0.167. The van der Waals surface area contributed by atoms with Crippen molar-refractivity contribution >= 4 is 11.3 Å². The van der Waals surface area contributed by atoms with E-state index in [1.54, 1.807) is 18.4 Å². The molecule has 0 aliphatic heterocycles. The average molecular weight is 204 g/mol. The zero-order valence-corrected chi connectivity index (χ0v) is 9.10. The van der Waals surface area contributed by atoms with Gasteiger partial charge in [-0.15, -0.1) is 11.3 Å². The summed E-state index contributed by atoms with van der Waals surface area (Å²) in [5.74, 6) is 0.980. The van der Waals surface area contributed by atoms with Gasteiger partial charge in [0.2, 0.25) is 0 Å². The van der Waals surface area contributed by atoms with Gasteiger partial charge >= 0.3 is 0 Å².